The van der Waals surface area contributed by atoms with E-state index in [1.165, 1.54) is 0 Å². The molecular weight excluding hydrogens is 245 g/mol. The summed E-state index contributed by atoms with van der Waals surface area (Å²) in [5, 5.41) is 10.4. The minimum atomic E-state index is -4.32. The summed E-state index contributed by atoms with van der Waals surface area (Å²) in [6, 6.07) is -0.0881. The van der Waals surface area contributed by atoms with Gasteiger partial charge >= 0.3 is 6.18 Å². The third kappa shape index (κ3) is 1.81. The predicted molar refractivity (Wildman–Crippen MR) is 60.4 cm³/mol. The second-order valence-corrected chi connectivity index (χ2v) is 5.04. The fourth-order valence-corrected chi connectivity index (χ4v) is 2.57. The summed E-state index contributed by atoms with van der Waals surface area (Å²) >= 11 is 0. The fraction of sp³-hybridized carbons (Fsp3) is 0.818. The summed E-state index contributed by atoms with van der Waals surface area (Å²) in [5.41, 5.74) is -1.90. The Morgan fingerprint density at radius 3 is 2.44 bits per heavy atom. The lowest BCUT2D eigenvalue weighted by molar-refractivity contribution is -0.188. The molecule has 1 fully saturated rings. The summed E-state index contributed by atoms with van der Waals surface area (Å²) in [7, 11) is 0. The number of rotatable bonds is 2. The van der Waals surface area contributed by atoms with Crippen LogP contribution in [0.4, 0.5) is 13.2 Å². The molecule has 0 aliphatic carbocycles. The van der Waals surface area contributed by atoms with E-state index >= 15 is 0 Å². The zero-order valence-electron chi connectivity index (χ0n) is 10.7. The molecule has 102 valence electrons. The van der Waals surface area contributed by atoms with Crippen LogP contribution in [0.1, 0.15) is 38.0 Å². The van der Waals surface area contributed by atoms with E-state index in [9.17, 15) is 13.2 Å². The lowest BCUT2D eigenvalue weighted by Gasteiger charge is -2.31. The van der Waals surface area contributed by atoms with Gasteiger partial charge in [-0.05, 0) is 33.7 Å². The quantitative estimate of drug-likeness (QED) is 0.886. The molecule has 0 aromatic carbocycles. The third-order valence-corrected chi connectivity index (χ3v) is 3.51. The van der Waals surface area contributed by atoms with Crippen LogP contribution in [0.2, 0.25) is 0 Å². The van der Waals surface area contributed by atoms with E-state index in [0.29, 0.717) is 12.4 Å². The lowest BCUT2D eigenvalue weighted by atomic mass is 9.85. The smallest absolute Gasteiger partial charge is 0.315 e. The van der Waals surface area contributed by atoms with Crippen molar-refractivity contribution in [3.05, 3.63) is 11.6 Å². The van der Waals surface area contributed by atoms with E-state index in [1.54, 1.807) is 11.5 Å². The minimum Gasteiger partial charge on any atom is -0.315 e. The molecule has 0 saturated carbocycles. The topological polar surface area (TPSA) is 42.7 Å². The van der Waals surface area contributed by atoms with Gasteiger partial charge in [-0.15, -0.1) is 10.2 Å². The number of hydrogen-bond acceptors (Lipinski definition) is 3. The summed E-state index contributed by atoms with van der Waals surface area (Å²) in [5.74, 6) is 0.558. The average molecular weight is 262 g/mol. The van der Waals surface area contributed by atoms with E-state index in [2.05, 4.69) is 15.5 Å². The Hall–Kier alpha value is -1.11. The summed E-state index contributed by atoms with van der Waals surface area (Å²) in [6.45, 7) is 5.59. The Morgan fingerprint density at radius 1 is 1.33 bits per heavy atom. The molecule has 0 spiro atoms. The molecule has 1 aromatic heterocycles. The van der Waals surface area contributed by atoms with Crippen molar-refractivity contribution in [3.63, 3.8) is 0 Å². The van der Waals surface area contributed by atoms with Crippen molar-refractivity contribution in [3.8, 4) is 0 Å². The molecule has 1 aliphatic rings. The van der Waals surface area contributed by atoms with Crippen LogP contribution in [-0.2, 0) is 5.41 Å². The van der Waals surface area contributed by atoms with Gasteiger partial charge in [0.1, 0.15) is 17.1 Å². The Kier molecular flexibility index (Phi) is 3.12. The van der Waals surface area contributed by atoms with Crippen molar-refractivity contribution >= 4 is 0 Å². The molecule has 0 radical (unpaired) electrons. The van der Waals surface area contributed by atoms with Gasteiger partial charge in [0.25, 0.3) is 0 Å². The van der Waals surface area contributed by atoms with Gasteiger partial charge in [-0.25, -0.2) is 0 Å². The third-order valence-electron chi connectivity index (χ3n) is 3.51. The molecule has 0 amide bonds. The van der Waals surface area contributed by atoms with Gasteiger partial charge in [-0.1, -0.05) is 0 Å². The van der Waals surface area contributed by atoms with Crippen molar-refractivity contribution in [2.75, 3.05) is 13.1 Å². The molecular formula is C11H17F3N4. The zero-order valence-corrected chi connectivity index (χ0v) is 10.7. The maximum Gasteiger partial charge on any atom is 0.402 e. The first kappa shape index (κ1) is 13.3. The maximum atomic E-state index is 13.4. The number of halogens is 3. The van der Waals surface area contributed by atoms with Gasteiger partial charge in [0, 0.05) is 12.6 Å². The van der Waals surface area contributed by atoms with Gasteiger partial charge in [0.05, 0.1) is 0 Å². The van der Waals surface area contributed by atoms with Crippen LogP contribution in [0.25, 0.3) is 0 Å². The van der Waals surface area contributed by atoms with Crippen LogP contribution in [0.3, 0.4) is 0 Å². The predicted octanol–water partition coefficient (Wildman–Crippen LogP) is 1.96. The van der Waals surface area contributed by atoms with Crippen molar-refractivity contribution in [2.24, 2.45) is 0 Å². The number of aryl methyl sites for hydroxylation is 1. The highest BCUT2D eigenvalue weighted by Gasteiger charge is 2.60. The first-order valence-corrected chi connectivity index (χ1v) is 5.99. The molecule has 2 heterocycles. The molecule has 1 saturated heterocycles. The SMILES string of the molecule is Cc1nnc(C2(C(F)(F)F)CCNC2)n1C(C)C. The van der Waals surface area contributed by atoms with Crippen molar-refractivity contribution in [1.82, 2.24) is 20.1 Å². The largest absolute Gasteiger partial charge is 0.402 e. The van der Waals surface area contributed by atoms with E-state index in [1.807, 2.05) is 13.8 Å². The average Bonchev–Trinajstić information content (AvgIpc) is 2.81. The van der Waals surface area contributed by atoms with Crippen molar-refractivity contribution in [2.45, 2.75) is 44.8 Å². The standard InChI is InChI=1S/C11H17F3N4/c1-7(2)18-8(3)16-17-9(18)10(11(12,13)14)4-5-15-6-10/h7,15H,4-6H2,1-3H3. The lowest BCUT2D eigenvalue weighted by Crippen LogP contribution is -2.46. The van der Waals surface area contributed by atoms with Crippen LogP contribution in [0.5, 0.6) is 0 Å². The number of nitrogens with zero attached hydrogens (tertiary/aromatic N) is 3. The molecule has 1 atom stereocenters. The molecule has 1 aliphatic heterocycles. The molecule has 1 aromatic rings. The zero-order chi connectivity index (χ0) is 13.6. The normalized spacial score (nSPS) is 25.1. The van der Waals surface area contributed by atoms with E-state index in [-0.39, 0.29) is 24.8 Å². The Morgan fingerprint density at radius 2 is 2.00 bits per heavy atom. The molecule has 1 N–H and O–H groups in total. The van der Waals surface area contributed by atoms with Gasteiger partial charge in [0.15, 0.2) is 0 Å². The maximum absolute atomic E-state index is 13.4. The second-order valence-electron chi connectivity index (χ2n) is 5.04. The highest BCUT2D eigenvalue weighted by Crippen LogP contribution is 2.45. The monoisotopic (exact) mass is 262 g/mol. The van der Waals surface area contributed by atoms with Crippen LogP contribution >= 0.6 is 0 Å². The molecule has 4 nitrogen and oxygen atoms in total. The number of hydrogen-bond donors (Lipinski definition) is 1. The van der Waals surface area contributed by atoms with Crippen LogP contribution in [0, 0.1) is 6.92 Å². The number of aromatic nitrogens is 3. The van der Waals surface area contributed by atoms with Crippen LogP contribution in [0.15, 0.2) is 0 Å². The van der Waals surface area contributed by atoms with Crippen molar-refractivity contribution < 1.29 is 13.2 Å². The van der Waals surface area contributed by atoms with Gasteiger partial charge in [-0.2, -0.15) is 13.2 Å². The van der Waals surface area contributed by atoms with Crippen molar-refractivity contribution in [1.29, 1.82) is 0 Å². The van der Waals surface area contributed by atoms with E-state index in [0.717, 1.165) is 0 Å². The summed E-state index contributed by atoms with van der Waals surface area (Å²) in [6.07, 6.45) is -4.30. The van der Waals surface area contributed by atoms with E-state index < -0.39 is 11.6 Å². The summed E-state index contributed by atoms with van der Waals surface area (Å²) < 4.78 is 41.9. The highest BCUT2D eigenvalue weighted by atomic mass is 19.4. The first-order chi connectivity index (χ1) is 8.29. The number of nitrogens with one attached hydrogen (secondary N) is 1. The van der Waals surface area contributed by atoms with Gasteiger partial charge < -0.3 is 9.88 Å². The highest BCUT2D eigenvalue weighted by molar-refractivity contribution is 5.19. The van der Waals surface area contributed by atoms with Gasteiger partial charge in [0.2, 0.25) is 0 Å². The minimum absolute atomic E-state index is 0.0152. The van der Waals surface area contributed by atoms with E-state index in [4.69, 9.17) is 0 Å². The number of alkyl halides is 3. The molecule has 2 rings (SSSR count). The Balaban J connectivity index is 2.57. The molecule has 18 heavy (non-hydrogen) atoms. The fourth-order valence-electron chi connectivity index (χ4n) is 2.57. The van der Waals surface area contributed by atoms with Gasteiger partial charge in [-0.3, -0.25) is 0 Å². The van der Waals surface area contributed by atoms with Crippen LogP contribution < -0.4 is 5.32 Å². The van der Waals surface area contributed by atoms with Crippen LogP contribution in [-0.4, -0.2) is 34.0 Å². The molecule has 1 unspecified atom stereocenters. The first-order valence-electron chi connectivity index (χ1n) is 5.99. The molecule has 0 bridgehead atoms. The second kappa shape index (κ2) is 4.22. The Labute approximate surface area is 104 Å². The summed E-state index contributed by atoms with van der Waals surface area (Å²) in [4.78, 5) is 0. The molecule has 7 heteroatoms. The Bertz CT molecular complexity index is 430.